The fraction of sp³-hybridized carbons (Fsp3) is 0.333. The van der Waals surface area contributed by atoms with E-state index < -0.39 is 29.2 Å². The fourth-order valence-corrected chi connectivity index (χ4v) is 6.33. The van der Waals surface area contributed by atoms with Gasteiger partial charge in [0.25, 0.3) is 11.8 Å². The summed E-state index contributed by atoms with van der Waals surface area (Å²) in [6.07, 6.45) is 1.36. The fourth-order valence-electron chi connectivity index (χ4n) is 2.94. The van der Waals surface area contributed by atoms with Crippen molar-refractivity contribution in [3.05, 3.63) is 28.7 Å². The molecule has 0 saturated carbocycles. The summed E-state index contributed by atoms with van der Waals surface area (Å²) in [6.45, 7) is 0. The van der Waals surface area contributed by atoms with Gasteiger partial charge in [-0.05, 0) is 5.57 Å². The Bertz CT molecular complexity index is 1060. The maximum Gasteiger partial charge on any atom is 0.352 e. The molecule has 12 nitrogen and oxygen atoms in total. The summed E-state index contributed by atoms with van der Waals surface area (Å²) < 4.78 is 8.50. The van der Waals surface area contributed by atoms with Crippen molar-refractivity contribution in [2.45, 2.75) is 15.8 Å². The molecule has 1 unspecified atom stereocenters. The minimum absolute atomic E-state index is 0.0502. The molecule has 2 aliphatic rings. The number of rotatable bonds is 8. The summed E-state index contributed by atoms with van der Waals surface area (Å²) in [5.41, 5.74) is 2.25. The lowest BCUT2D eigenvalue weighted by molar-refractivity contribution is -0.150. The van der Waals surface area contributed by atoms with Crippen molar-refractivity contribution in [1.29, 1.82) is 0 Å². The lowest BCUT2D eigenvalue weighted by Gasteiger charge is -2.49. The molecule has 0 radical (unpaired) electrons. The lowest BCUT2D eigenvalue weighted by Crippen LogP contribution is -2.71. The zero-order valence-electron chi connectivity index (χ0n) is 15.6. The second kappa shape index (κ2) is 9.29. The Morgan fingerprint density at radius 3 is 2.97 bits per heavy atom. The SMILES string of the molecule is CON=C(C(=O)NC1C(=O)N2C(C(=O)O)=C(CSc3nncs3)CS[C@@H]12)c1cnsn1. The van der Waals surface area contributed by atoms with E-state index in [1.165, 1.54) is 53.1 Å². The normalized spacial score (nSPS) is 20.9. The molecule has 16 heteroatoms. The molecule has 2 aromatic heterocycles. The summed E-state index contributed by atoms with van der Waals surface area (Å²) in [6, 6.07) is -0.891. The van der Waals surface area contributed by atoms with Gasteiger partial charge in [0.2, 0.25) is 0 Å². The Labute approximate surface area is 191 Å². The topological polar surface area (TPSA) is 160 Å². The summed E-state index contributed by atoms with van der Waals surface area (Å²) >= 11 is 5.00. The van der Waals surface area contributed by atoms with Gasteiger partial charge in [-0.3, -0.25) is 14.5 Å². The number of aliphatic carboxylic acids is 1. The van der Waals surface area contributed by atoms with Crippen molar-refractivity contribution >= 4 is 70.1 Å². The maximum atomic E-state index is 12.8. The molecule has 0 aliphatic carbocycles. The third-order valence-electron chi connectivity index (χ3n) is 4.25. The molecule has 31 heavy (non-hydrogen) atoms. The quantitative estimate of drug-likeness (QED) is 0.222. The number of carbonyl (C=O) groups is 3. The van der Waals surface area contributed by atoms with Crippen LogP contribution in [0.5, 0.6) is 0 Å². The molecule has 1 saturated heterocycles. The molecule has 4 heterocycles. The van der Waals surface area contributed by atoms with E-state index in [1.54, 1.807) is 5.51 Å². The van der Waals surface area contributed by atoms with Crippen molar-refractivity contribution < 1.29 is 24.3 Å². The second-order valence-corrected chi connectivity index (χ2v) is 9.74. The molecular formula is C15H13N7O5S4. The van der Waals surface area contributed by atoms with Crippen molar-refractivity contribution in [3.63, 3.8) is 0 Å². The van der Waals surface area contributed by atoms with E-state index in [1.807, 2.05) is 0 Å². The first kappa shape index (κ1) is 21.7. The first-order valence-corrected chi connectivity index (χ1v) is 12.1. The molecule has 2 atom stereocenters. The monoisotopic (exact) mass is 499 g/mol. The van der Waals surface area contributed by atoms with Crippen LogP contribution in [0.4, 0.5) is 0 Å². The molecular weight excluding hydrogens is 486 g/mol. The van der Waals surface area contributed by atoms with Crippen LogP contribution in [0.3, 0.4) is 0 Å². The summed E-state index contributed by atoms with van der Waals surface area (Å²) in [5, 5.41) is 23.1. The van der Waals surface area contributed by atoms with Crippen LogP contribution in [-0.4, -0.2) is 82.5 Å². The highest BCUT2D eigenvalue weighted by Gasteiger charge is 2.54. The number of amides is 2. The number of oxime groups is 1. The van der Waals surface area contributed by atoms with E-state index >= 15 is 0 Å². The number of thioether (sulfide) groups is 2. The van der Waals surface area contributed by atoms with E-state index in [0.29, 0.717) is 21.4 Å². The van der Waals surface area contributed by atoms with E-state index in [4.69, 9.17) is 4.84 Å². The number of β-lactam (4-membered cyclic amide) rings is 1. The van der Waals surface area contributed by atoms with E-state index in [9.17, 15) is 19.5 Å². The number of hydrogen-bond acceptors (Lipinski definition) is 13. The van der Waals surface area contributed by atoms with Crippen molar-refractivity contribution in [3.8, 4) is 0 Å². The molecule has 2 aromatic rings. The van der Waals surface area contributed by atoms with Crippen molar-refractivity contribution in [1.82, 2.24) is 29.2 Å². The van der Waals surface area contributed by atoms with Gasteiger partial charge in [0.15, 0.2) is 10.1 Å². The van der Waals surface area contributed by atoms with Gasteiger partial charge >= 0.3 is 5.97 Å². The second-order valence-electron chi connectivity index (χ2n) is 6.03. The number of fused-ring (bicyclic) bond motifs is 1. The van der Waals surface area contributed by atoms with Gasteiger partial charge in [0.1, 0.15) is 35.4 Å². The first-order valence-electron chi connectivity index (χ1n) is 8.50. The van der Waals surface area contributed by atoms with Crippen LogP contribution in [0.2, 0.25) is 0 Å². The van der Waals surface area contributed by atoms with Gasteiger partial charge in [-0.15, -0.1) is 22.0 Å². The van der Waals surface area contributed by atoms with Gasteiger partial charge in [0.05, 0.1) is 17.9 Å². The van der Waals surface area contributed by atoms with Crippen LogP contribution in [0.25, 0.3) is 0 Å². The number of hydrogen-bond donors (Lipinski definition) is 2. The third kappa shape index (κ3) is 4.28. The number of carboxylic acid groups (broad SMARTS) is 1. The highest BCUT2D eigenvalue weighted by Crippen LogP contribution is 2.41. The summed E-state index contributed by atoms with van der Waals surface area (Å²) in [7, 11) is 1.28. The molecule has 0 spiro atoms. The van der Waals surface area contributed by atoms with E-state index in [2.05, 4.69) is 29.4 Å². The van der Waals surface area contributed by atoms with E-state index in [0.717, 1.165) is 11.7 Å². The predicted molar refractivity (Wildman–Crippen MR) is 114 cm³/mol. The van der Waals surface area contributed by atoms with E-state index in [-0.39, 0.29) is 17.1 Å². The predicted octanol–water partition coefficient (Wildman–Crippen LogP) is 0.271. The van der Waals surface area contributed by atoms with Crippen LogP contribution < -0.4 is 5.32 Å². The number of carbonyl (C=O) groups excluding carboxylic acids is 2. The third-order valence-corrected chi connectivity index (χ3v) is 8.01. The molecule has 2 aliphatic heterocycles. The average molecular weight is 500 g/mol. The van der Waals surface area contributed by atoms with Crippen LogP contribution in [-0.2, 0) is 19.2 Å². The van der Waals surface area contributed by atoms with Crippen molar-refractivity contribution in [2.75, 3.05) is 18.6 Å². The number of nitrogens with zero attached hydrogens (tertiary/aromatic N) is 6. The number of carboxylic acids is 1. The standard InChI is InChI=1S/C15H13N7O5S4/c1-27-20-8(7-2-17-31-21-7)11(23)18-9-12(24)22-10(14(25)26)6(3-28-13(9)22)4-29-15-19-16-5-30-15/h2,5,9,13H,3-4H2,1H3,(H,18,23)(H,25,26)/t9?,13-/m0/s1. The summed E-state index contributed by atoms with van der Waals surface area (Å²) in [4.78, 5) is 43.3. The Kier molecular flexibility index (Phi) is 6.49. The number of nitrogens with one attached hydrogen (secondary N) is 1. The van der Waals surface area contributed by atoms with Crippen LogP contribution in [0.15, 0.2) is 32.5 Å². The average Bonchev–Trinajstić information content (AvgIpc) is 3.47. The van der Waals surface area contributed by atoms with Gasteiger partial charge in [-0.1, -0.05) is 28.3 Å². The smallest absolute Gasteiger partial charge is 0.352 e. The van der Waals surface area contributed by atoms with Gasteiger partial charge in [-0.25, -0.2) is 4.79 Å². The molecule has 2 amide bonds. The Hall–Kier alpha value is -2.56. The van der Waals surface area contributed by atoms with Crippen LogP contribution in [0, 0.1) is 0 Å². The largest absolute Gasteiger partial charge is 0.477 e. The van der Waals surface area contributed by atoms with Gasteiger partial charge in [0, 0.05) is 11.5 Å². The highest BCUT2D eigenvalue weighted by atomic mass is 32.2. The summed E-state index contributed by atoms with van der Waals surface area (Å²) in [5.74, 6) is -1.57. The Morgan fingerprint density at radius 2 is 2.32 bits per heavy atom. The molecule has 0 bridgehead atoms. The first-order chi connectivity index (χ1) is 15.0. The molecule has 1 fully saturated rings. The maximum absolute atomic E-state index is 12.8. The zero-order valence-corrected chi connectivity index (χ0v) is 18.9. The van der Waals surface area contributed by atoms with Gasteiger partial charge in [-0.2, -0.15) is 8.75 Å². The van der Waals surface area contributed by atoms with Gasteiger partial charge < -0.3 is 15.3 Å². The minimum atomic E-state index is -1.19. The Balaban J connectivity index is 1.49. The Morgan fingerprint density at radius 1 is 1.48 bits per heavy atom. The number of aromatic nitrogens is 4. The molecule has 4 rings (SSSR count). The zero-order chi connectivity index (χ0) is 22.0. The minimum Gasteiger partial charge on any atom is -0.477 e. The molecule has 162 valence electrons. The van der Waals surface area contributed by atoms with Crippen LogP contribution in [0.1, 0.15) is 5.69 Å². The van der Waals surface area contributed by atoms with Crippen LogP contribution >= 0.6 is 46.6 Å². The molecule has 0 aromatic carbocycles. The lowest BCUT2D eigenvalue weighted by atomic mass is 10.0. The molecule has 2 N–H and O–H groups in total. The highest BCUT2D eigenvalue weighted by molar-refractivity contribution is 8.01. The van der Waals surface area contributed by atoms with Crippen molar-refractivity contribution in [2.24, 2.45) is 5.16 Å².